The van der Waals surface area contributed by atoms with Crippen molar-refractivity contribution in [1.82, 2.24) is 14.8 Å². The number of hydrogen-bond acceptors (Lipinski definition) is 9. The summed E-state index contributed by atoms with van der Waals surface area (Å²) >= 11 is 12.4. The maximum atomic E-state index is 13.9. The molecule has 460 valence electrons. The fourth-order valence-corrected chi connectivity index (χ4v) is 11.6. The number of carbonyl (C=O) groups excluding carboxylic acids is 2. The Morgan fingerprint density at radius 1 is 0.467 bits per heavy atom. The number of halogens is 2. The Balaban J connectivity index is 0.000000213. The summed E-state index contributed by atoms with van der Waals surface area (Å²) in [5.41, 5.74) is 5.87. The first kappa shape index (κ1) is 64.6. The average Bonchev–Trinajstić information content (AvgIpc) is 1.37. The Labute approximate surface area is 530 Å². The van der Waals surface area contributed by atoms with Gasteiger partial charge in [-0.05, 0) is 143 Å². The number of fused-ring (bicyclic) bond motifs is 4. The van der Waals surface area contributed by atoms with Crippen molar-refractivity contribution in [1.29, 1.82) is 0 Å². The highest BCUT2D eigenvalue weighted by Crippen LogP contribution is 2.35. The highest BCUT2D eigenvalue weighted by atomic mass is 35.5. The molecule has 0 aliphatic heterocycles. The molecule has 6 unspecified atom stereocenters. The Hall–Kier alpha value is -9.83. The predicted molar refractivity (Wildman–Crippen MR) is 350 cm³/mol. The molecule has 15 nitrogen and oxygen atoms in total. The highest BCUT2D eigenvalue weighted by Gasteiger charge is 2.34. The molecule has 2 amide bonds. The van der Waals surface area contributed by atoms with Crippen LogP contribution in [0.25, 0.3) is 55.8 Å². The van der Waals surface area contributed by atoms with Gasteiger partial charge in [0.25, 0.3) is 0 Å². The normalized spacial score (nSPS) is 13.6. The lowest BCUT2D eigenvalue weighted by Crippen LogP contribution is -2.43. The molecule has 10 aromatic rings. The Morgan fingerprint density at radius 2 is 0.889 bits per heavy atom. The van der Waals surface area contributed by atoms with Gasteiger partial charge in [-0.3, -0.25) is 28.8 Å². The summed E-state index contributed by atoms with van der Waals surface area (Å²) in [6.07, 6.45) is 6.57. The molecular weight excluding hydrogens is 1180 g/mol. The molecule has 0 saturated carbocycles. The predicted octanol–water partition coefficient (Wildman–Crippen LogP) is 16.2. The molecule has 10 rings (SSSR count). The number of aliphatic carboxylic acids is 4. The number of carbonyl (C=O) groups is 6. The van der Waals surface area contributed by atoms with Gasteiger partial charge in [0.1, 0.15) is 16.9 Å². The topological polar surface area (TPSA) is 229 Å². The summed E-state index contributed by atoms with van der Waals surface area (Å²) in [5.74, 6) is -7.99. The lowest BCUT2D eigenvalue weighted by Gasteiger charge is -2.36. The van der Waals surface area contributed by atoms with E-state index in [0.717, 1.165) is 60.3 Å². The van der Waals surface area contributed by atoms with Crippen LogP contribution in [0.1, 0.15) is 98.1 Å². The van der Waals surface area contributed by atoms with Crippen molar-refractivity contribution in [2.24, 2.45) is 11.8 Å². The van der Waals surface area contributed by atoms with Gasteiger partial charge in [-0.25, -0.2) is 4.98 Å². The number of carboxylic acid groups (broad SMARTS) is 4. The van der Waals surface area contributed by atoms with Crippen LogP contribution in [0.3, 0.4) is 0 Å². The fraction of sp³-hybridized carbons (Fsp3) is 0.219. The second-order valence-corrected chi connectivity index (χ2v) is 23.2. The van der Waals surface area contributed by atoms with Gasteiger partial charge in [0, 0.05) is 65.3 Å². The largest absolute Gasteiger partial charge is 0.481 e. The van der Waals surface area contributed by atoms with Crippen LogP contribution in [-0.2, 0) is 41.9 Å². The molecule has 2 aromatic heterocycles. The molecule has 0 fully saturated rings. The number of hydrogen-bond donors (Lipinski definition) is 4. The van der Waals surface area contributed by atoms with Crippen LogP contribution in [0.5, 0.6) is 0 Å². The quantitative estimate of drug-likeness (QED) is 0.0396. The third kappa shape index (κ3) is 17.3. The molecule has 0 bridgehead atoms. The minimum Gasteiger partial charge on any atom is -0.481 e. The van der Waals surface area contributed by atoms with Crippen molar-refractivity contribution < 1.29 is 58.0 Å². The average molecular weight is 1250 g/mol. The number of allylic oxidation sites excluding steroid dienone is 2. The van der Waals surface area contributed by atoms with Gasteiger partial charge < -0.3 is 39.1 Å². The van der Waals surface area contributed by atoms with Gasteiger partial charge in [-0.2, -0.15) is 0 Å². The van der Waals surface area contributed by atoms with E-state index in [1.807, 2.05) is 208 Å². The molecule has 0 radical (unpaired) electrons. The van der Waals surface area contributed by atoms with E-state index in [-0.39, 0.29) is 24.9 Å². The van der Waals surface area contributed by atoms with Crippen LogP contribution in [0.15, 0.2) is 209 Å². The maximum Gasteiger partial charge on any atom is 0.307 e. The van der Waals surface area contributed by atoms with Crippen LogP contribution in [0.2, 0.25) is 10.0 Å². The van der Waals surface area contributed by atoms with E-state index in [0.29, 0.717) is 40.1 Å². The van der Waals surface area contributed by atoms with Crippen LogP contribution in [-0.4, -0.2) is 83.0 Å². The first-order chi connectivity index (χ1) is 43.3. The number of aromatic nitrogens is 1. The number of rotatable bonds is 26. The maximum absolute atomic E-state index is 13.9. The highest BCUT2D eigenvalue weighted by molar-refractivity contribution is 6.30. The summed E-state index contributed by atoms with van der Waals surface area (Å²) < 4.78 is 11.8. The second kappa shape index (κ2) is 30.4. The van der Waals surface area contributed by atoms with E-state index in [1.54, 1.807) is 28.0 Å². The lowest BCUT2D eigenvalue weighted by atomic mass is 9.87. The van der Waals surface area contributed by atoms with Crippen molar-refractivity contribution in [2.75, 3.05) is 0 Å². The standard InChI is InChI=1S/C37H34ClNO6.C36H33ClN2O6/c1-24(33(27-15-17-31(38)18-16-27)11-6-10-32-20-29-9-4-5-12-34(29)45-32)39(35(40)21-30(37(43)44)22-36(41)42)23-25-13-14-26-7-2-3-8-28(26)19-25;1-23(30(26-15-17-29(37)18-16-26)9-6-12-33-38-31-10-4-5-11-32(31)45-33)39(34(40)20-28(36(43)44)21-35(41)42)22-24-13-14-25-7-2-3-8-27(25)19-24/h2-10,12-20,24,30,33H,11,21-23H2,1H3,(H,41,42)(H,43,44);2-8,10-19,23,28,30H,9,20-22H2,1H3,(H,41,42)(H,43,44)/b10-6-;12-6+. The first-order valence-corrected chi connectivity index (χ1v) is 30.2. The summed E-state index contributed by atoms with van der Waals surface area (Å²) in [4.78, 5) is 82.4. The van der Waals surface area contributed by atoms with Gasteiger partial charge in [-0.15, -0.1) is 0 Å². The molecule has 0 aliphatic rings. The zero-order valence-electron chi connectivity index (χ0n) is 49.5. The van der Waals surface area contributed by atoms with Crippen molar-refractivity contribution >= 4 is 115 Å². The van der Waals surface area contributed by atoms with E-state index >= 15 is 0 Å². The Kier molecular flexibility index (Phi) is 21.8. The molecule has 0 aliphatic carbocycles. The van der Waals surface area contributed by atoms with Gasteiger partial charge in [0.2, 0.25) is 17.7 Å². The Morgan fingerprint density at radius 3 is 1.33 bits per heavy atom. The summed E-state index contributed by atoms with van der Waals surface area (Å²) in [6, 6.07) is 59.1. The molecule has 17 heteroatoms. The minimum atomic E-state index is -1.35. The monoisotopic (exact) mass is 1250 g/mol. The van der Waals surface area contributed by atoms with E-state index in [4.69, 9.17) is 32.0 Å². The smallest absolute Gasteiger partial charge is 0.307 e. The summed E-state index contributed by atoms with van der Waals surface area (Å²) in [7, 11) is 0. The van der Waals surface area contributed by atoms with Gasteiger partial charge in [0.15, 0.2) is 5.58 Å². The number of benzene rings is 8. The molecular formula is C73H67Cl2N3O12. The SMILES string of the molecule is CC(C(C/C=C/c1nc2ccccc2o1)c1ccc(Cl)cc1)N(Cc1ccc2ccccc2c1)C(=O)CC(CC(=O)O)C(=O)O.CC(C(C/C=C\c1cc2ccccc2o1)c1ccc(Cl)cc1)N(Cc1ccc2ccccc2c1)C(=O)CC(CC(=O)O)C(=O)O. The minimum absolute atomic E-state index is 0.199. The van der Waals surface area contributed by atoms with Crippen molar-refractivity contribution in [3.05, 3.63) is 244 Å². The first-order valence-electron chi connectivity index (χ1n) is 29.5. The summed E-state index contributed by atoms with van der Waals surface area (Å²) in [6.45, 7) is 4.31. The number of carboxylic acids is 4. The summed E-state index contributed by atoms with van der Waals surface area (Å²) in [5, 5.41) is 44.4. The third-order valence-corrected chi connectivity index (χ3v) is 16.7. The van der Waals surface area contributed by atoms with E-state index in [1.165, 1.54) is 0 Å². The third-order valence-electron chi connectivity index (χ3n) is 16.2. The molecule has 8 aromatic carbocycles. The number of para-hydroxylation sites is 3. The van der Waals surface area contributed by atoms with Crippen molar-refractivity contribution in [3.8, 4) is 0 Å². The fourth-order valence-electron chi connectivity index (χ4n) is 11.3. The van der Waals surface area contributed by atoms with Crippen LogP contribution >= 0.6 is 23.2 Å². The molecule has 4 N–H and O–H groups in total. The number of nitrogens with zero attached hydrogens (tertiary/aromatic N) is 3. The van der Waals surface area contributed by atoms with E-state index in [9.17, 15) is 49.2 Å². The van der Waals surface area contributed by atoms with Gasteiger partial charge >= 0.3 is 23.9 Å². The van der Waals surface area contributed by atoms with Crippen molar-refractivity contribution in [3.63, 3.8) is 0 Å². The number of furan rings is 1. The molecule has 0 saturated heterocycles. The Bertz CT molecular complexity index is 3900. The lowest BCUT2D eigenvalue weighted by molar-refractivity contribution is -0.151. The van der Waals surface area contributed by atoms with Crippen LogP contribution in [0.4, 0.5) is 0 Å². The molecule has 90 heavy (non-hydrogen) atoms. The van der Waals surface area contributed by atoms with Gasteiger partial charge in [0.05, 0.1) is 24.7 Å². The zero-order chi connectivity index (χ0) is 63.8. The number of amides is 2. The van der Waals surface area contributed by atoms with Crippen LogP contribution < -0.4 is 0 Å². The van der Waals surface area contributed by atoms with E-state index in [2.05, 4.69) is 4.98 Å². The molecule has 2 heterocycles. The zero-order valence-corrected chi connectivity index (χ0v) is 51.0. The molecule has 0 spiro atoms. The molecule has 6 atom stereocenters. The van der Waals surface area contributed by atoms with Crippen LogP contribution in [0, 0.1) is 11.8 Å². The second-order valence-electron chi connectivity index (χ2n) is 22.4. The number of oxazole rings is 1. The van der Waals surface area contributed by atoms with E-state index < -0.39 is 85.3 Å². The van der Waals surface area contributed by atoms with Crippen molar-refractivity contribution in [2.45, 2.75) is 89.4 Å². The van der Waals surface area contributed by atoms with Gasteiger partial charge in [-0.1, -0.05) is 163 Å².